The number of carbonyl (C=O) groups is 1. The summed E-state index contributed by atoms with van der Waals surface area (Å²) < 4.78 is 9.74. The van der Waals surface area contributed by atoms with Gasteiger partial charge in [0.15, 0.2) is 6.61 Å². The first-order valence-corrected chi connectivity index (χ1v) is 6.63. The fraction of sp³-hybridized carbons (Fsp3) is 0.231. The average Bonchev–Trinajstić information content (AvgIpc) is 2.97. The second kappa shape index (κ2) is 6.75. The SMILES string of the molecule is COC(=O)COc1ccc(NCc2cscn2)cc1. The maximum Gasteiger partial charge on any atom is 0.343 e. The van der Waals surface area contributed by atoms with Crippen molar-refractivity contribution in [1.82, 2.24) is 4.98 Å². The number of aromatic nitrogens is 1. The maximum atomic E-state index is 10.9. The number of nitrogens with one attached hydrogen (secondary N) is 1. The molecule has 0 unspecified atom stereocenters. The van der Waals surface area contributed by atoms with Crippen LogP contribution in [-0.2, 0) is 16.1 Å². The molecule has 1 aromatic heterocycles. The number of methoxy groups -OCH3 is 1. The number of hydrogen-bond acceptors (Lipinski definition) is 6. The third kappa shape index (κ3) is 4.26. The van der Waals surface area contributed by atoms with E-state index in [0.29, 0.717) is 12.3 Å². The Morgan fingerprint density at radius 2 is 2.16 bits per heavy atom. The van der Waals surface area contributed by atoms with Gasteiger partial charge in [-0.1, -0.05) is 0 Å². The zero-order chi connectivity index (χ0) is 13.5. The second-order valence-corrected chi connectivity index (χ2v) is 4.44. The molecule has 100 valence electrons. The van der Waals surface area contributed by atoms with Crippen LogP contribution in [0.5, 0.6) is 5.75 Å². The van der Waals surface area contributed by atoms with Gasteiger partial charge in [-0.05, 0) is 24.3 Å². The van der Waals surface area contributed by atoms with Gasteiger partial charge in [0.1, 0.15) is 5.75 Å². The van der Waals surface area contributed by atoms with E-state index in [-0.39, 0.29) is 6.61 Å². The number of benzene rings is 1. The van der Waals surface area contributed by atoms with Crippen LogP contribution in [-0.4, -0.2) is 24.7 Å². The molecule has 2 rings (SSSR count). The lowest BCUT2D eigenvalue weighted by atomic mass is 10.3. The molecule has 1 heterocycles. The van der Waals surface area contributed by atoms with Crippen molar-refractivity contribution in [3.8, 4) is 5.75 Å². The molecule has 0 amide bonds. The van der Waals surface area contributed by atoms with Crippen molar-refractivity contribution in [2.75, 3.05) is 19.0 Å². The number of carbonyl (C=O) groups excluding carboxylic acids is 1. The van der Waals surface area contributed by atoms with Crippen LogP contribution >= 0.6 is 11.3 Å². The van der Waals surface area contributed by atoms with E-state index >= 15 is 0 Å². The molecule has 0 atom stereocenters. The Labute approximate surface area is 115 Å². The van der Waals surface area contributed by atoms with Crippen LogP contribution in [0.15, 0.2) is 35.2 Å². The van der Waals surface area contributed by atoms with Gasteiger partial charge in [-0.2, -0.15) is 0 Å². The molecule has 6 heteroatoms. The number of esters is 1. The first-order valence-electron chi connectivity index (χ1n) is 5.68. The second-order valence-electron chi connectivity index (χ2n) is 3.72. The summed E-state index contributed by atoms with van der Waals surface area (Å²) in [4.78, 5) is 15.1. The Hall–Kier alpha value is -2.08. The fourth-order valence-corrected chi connectivity index (χ4v) is 1.95. The lowest BCUT2D eigenvalue weighted by molar-refractivity contribution is -0.142. The van der Waals surface area contributed by atoms with Crippen LogP contribution < -0.4 is 10.1 Å². The van der Waals surface area contributed by atoms with Gasteiger partial charge in [0.25, 0.3) is 0 Å². The Balaban J connectivity index is 1.82. The third-order valence-electron chi connectivity index (χ3n) is 2.40. The molecule has 1 N–H and O–H groups in total. The Bertz CT molecular complexity index is 511. The van der Waals surface area contributed by atoms with E-state index in [2.05, 4.69) is 15.0 Å². The number of hydrogen-bond donors (Lipinski definition) is 1. The van der Waals surface area contributed by atoms with Gasteiger partial charge >= 0.3 is 5.97 Å². The predicted octanol–water partition coefficient (Wildman–Crippen LogP) is 2.31. The standard InChI is InChI=1S/C13H14N2O3S/c1-17-13(16)7-18-12-4-2-10(3-5-12)14-6-11-8-19-9-15-11/h2-5,8-9,14H,6-7H2,1H3. The highest BCUT2D eigenvalue weighted by molar-refractivity contribution is 7.07. The van der Waals surface area contributed by atoms with Crippen molar-refractivity contribution in [2.45, 2.75) is 6.54 Å². The molecule has 19 heavy (non-hydrogen) atoms. The molecule has 0 saturated carbocycles. The fourth-order valence-electron chi connectivity index (χ4n) is 1.39. The monoisotopic (exact) mass is 278 g/mol. The molecular formula is C13H14N2O3S. The van der Waals surface area contributed by atoms with Gasteiger partial charge in [0.2, 0.25) is 0 Å². The average molecular weight is 278 g/mol. The highest BCUT2D eigenvalue weighted by atomic mass is 32.1. The predicted molar refractivity (Wildman–Crippen MR) is 73.4 cm³/mol. The molecule has 0 fully saturated rings. The zero-order valence-corrected chi connectivity index (χ0v) is 11.3. The lowest BCUT2D eigenvalue weighted by Gasteiger charge is -2.07. The number of ether oxygens (including phenoxy) is 2. The molecule has 0 aliphatic heterocycles. The van der Waals surface area contributed by atoms with Crippen molar-refractivity contribution >= 4 is 23.0 Å². The lowest BCUT2D eigenvalue weighted by Crippen LogP contribution is -2.12. The molecule has 1 aromatic carbocycles. The van der Waals surface area contributed by atoms with E-state index in [1.807, 2.05) is 17.5 Å². The zero-order valence-electron chi connectivity index (χ0n) is 10.5. The summed E-state index contributed by atoms with van der Waals surface area (Å²) in [6, 6.07) is 7.37. The number of rotatable bonds is 6. The molecule has 0 aliphatic carbocycles. The third-order valence-corrected chi connectivity index (χ3v) is 3.03. The van der Waals surface area contributed by atoms with E-state index in [4.69, 9.17) is 4.74 Å². The Morgan fingerprint density at radius 1 is 1.37 bits per heavy atom. The minimum atomic E-state index is -0.397. The number of anilines is 1. The topological polar surface area (TPSA) is 60.5 Å². The van der Waals surface area contributed by atoms with Crippen LogP contribution in [0, 0.1) is 0 Å². The summed E-state index contributed by atoms with van der Waals surface area (Å²) in [5.41, 5.74) is 3.79. The van der Waals surface area contributed by atoms with Crippen molar-refractivity contribution in [3.63, 3.8) is 0 Å². The summed E-state index contributed by atoms with van der Waals surface area (Å²) in [7, 11) is 1.33. The van der Waals surface area contributed by atoms with Gasteiger partial charge in [-0.15, -0.1) is 11.3 Å². The van der Waals surface area contributed by atoms with E-state index in [9.17, 15) is 4.79 Å². The summed E-state index contributed by atoms with van der Waals surface area (Å²) >= 11 is 1.57. The molecule has 2 aromatic rings. The largest absolute Gasteiger partial charge is 0.482 e. The smallest absolute Gasteiger partial charge is 0.343 e. The van der Waals surface area contributed by atoms with Crippen molar-refractivity contribution in [1.29, 1.82) is 0 Å². The minimum Gasteiger partial charge on any atom is -0.482 e. The van der Waals surface area contributed by atoms with E-state index < -0.39 is 5.97 Å². The first kappa shape index (κ1) is 13.4. The molecule has 0 aliphatic rings. The Morgan fingerprint density at radius 3 is 2.79 bits per heavy atom. The molecule has 0 spiro atoms. The highest BCUT2D eigenvalue weighted by Crippen LogP contribution is 2.16. The van der Waals surface area contributed by atoms with Gasteiger partial charge in [-0.3, -0.25) is 0 Å². The van der Waals surface area contributed by atoms with Crippen LogP contribution in [0.3, 0.4) is 0 Å². The molecule has 0 bridgehead atoms. The van der Waals surface area contributed by atoms with Gasteiger partial charge < -0.3 is 14.8 Å². The van der Waals surface area contributed by atoms with Crippen LogP contribution in [0.1, 0.15) is 5.69 Å². The van der Waals surface area contributed by atoms with E-state index in [0.717, 1.165) is 11.4 Å². The number of nitrogens with zero attached hydrogens (tertiary/aromatic N) is 1. The Kier molecular flexibility index (Phi) is 4.74. The first-order chi connectivity index (χ1) is 9.28. The van der Waals surface area contributed by atoms with Crippen molar-refractivity contribution in [2.24, 2.45) is 0 Å². The molecule has 0 saturated heterocycles. The minimum absolute atomic E-state index is 0.0813. The highest BCUT2D eigenvalue weighted by Gasteiger charge is 2.01. The van der Waals surface area contributed by atoms with Crippen molar-refractivity contribution in [3.05, 3.63) is 40.8 Å². The molecule has 0 radical (unpaired) electrons. The van der Waals surface area contributed by atoms with Crippen LogP contribution in [0.25, 0.3) is 0 Å². The van der Waals surface area contributed by atoms with Gasteiger partial charge in [0.05, 0.1) is 24.9 Å². The van der Waals surface area contributed by atoms with Crippen LogP contribution in [0.4, 0.5) is 5.69 Å². The summed E-state index contributed by atoms with van der Waals surface area (Å²) in [5.74, 6) is 0.232. The summed E-state index contributed by atoms with van der Waals surface area (Å²) in [6.45, 7) is 0.605. The van der Waals surface area contributed by atoms with Crippen molar-refractivity contribution < 1.29 is 14.3 Å². The maximum absolute atomic E-state index is 10.9. The number of thiazole rings is 1. The molecule has 5 nitrogen and oxygen atoms in total. The summed E-state index contributed by atoms with van der Waals surface area (Å²) in [6.07, 6.45) is 0. The van der Waals surface area contributed by atoms with E-state index in [1.165, 1.54) is 7.11 Å². The van der Waals surface area contributed by atoms with Gasteiger partial charge in [-0.25, -0.2) is 9.78 Å². The quantitative estimate of drug-likeness (QED) is 0.822. The van der Waals surface area contributed by atoms with Gasteiger partial charge in [0, 0.05) is 11.1 Å². The van der Waals surface area contributed by atoms with Crippen LogP contribution in [0.2, 0.25) is 0 Å². The normalized spacial score (nSPS) is 9.95. The van der Waals surface area contributed by atoms with E-state index in [1.54, 1.807) is 29.0 Å². The summed E-state index contributed by atoms with van der Waals surface area (Å²) in [5, 5.41) is 5.25. The molecular weight excluding hydrogens is 264 g/mol.